The molecule has 0 atom stereocenters. The van der Waals surface area contributed by atoms with E-state index in [1.807, 2.05) is 48.0 Å². The van der Waals surface area contributed by atoms with Gasteiger partial charge in [0.15, 0.2) is 0 Å². The predicted molar refractivity (Wildman–Crippen MR) is 222 cm³/mol. The quantitative estimate of drug-likeness (QED) is 0.180. The Morgan fingerprint density at radius 3 is 1.92 bits per heavy atom. The number of thiophene rings is 1. The molecule has 0 spiro atoms. The number of pyridine rings is 2. The van der Waals surface area contributed by atoms with Crippen LogP contribution in [0, 0.1) is 0 Å². The Bertz CT molecular complexity index is 3110. The Balaban J connectivity index is 1.25. The SMILES string of the molecule is c1ccc(-c2ccc3sc4cc(-c5ccccn5)c5c(c6cc(-c7ccccc7)ccc6n5-c5ccc(-c6cn7ccccc7n6)cc5)c4c3c2)cc1. The summed E-state index contributed by atoms with van der Waals surface area (Å²) in [6.45, 7) is 0. The lowest BCUT2D eigenvalue weighted by Gasteiger charge is -2.13. The normalized spacial score (nSPS) is 11.8. The van der Waals surface area contributed by atoms with Crippen LogP contribution in [0.5, 0.6) is 0 Å². The maximum atomic E-state index is 4.94. The lowest BCUT2D eigenvalue weighted by Crippen LogP contribution is -1.96. The Kier molecular flexibility index (Phi) is 6.69. The number of imidazole rings is 1. The van der Waals surface area contributed by atoms with Gasteiger partial charge in [0.1, 0.15) is 5.65 Å². The van der Waals surface area contributed by atoms with Crippen molar-refractivity contribution in [2.75, 3.05) is 0 Å². The zero-order valence-corrected chi connectivity index (χ0v) is 29.3. The Hall–Kier alpha value is -6.82. The molecule has 0 aliphatic heterocycles. The van der Waals surface area contributed by atoms with Crippen molar-refractivity contribution in [3.8, 4) is 50.5 Å². The van der Waals surface area contributed by atoms with Crippen LogP contribution >= 0.6 is 11.3 Å². The van der Waals surface area contributed by atoms with Crippen LogP contribution in [-0.4, -0.2) is 18.9 Å². The van der Waals surface area contributed by atoms with Gasteiger partial charge in [-0.1, -0.05) is 97.1 Å². The zero-order valence-electron chi connectivity index (χ0n) is 28.5. The van der Waals surface area contributed by atoms with Gasteiger partial charge in [-0.05, 0) is 89.0 Å². The molecule has 0 unspecified atom stereocenters. The Morgan fingerprint density at radius 2 is 1.19 bits per heavy atom. The van der Waals surface area contributed by atoms with E-state index in [4.69, 9.17) is 9.97 Å². The summed E-state index contributed by atoms with van der Waals surface area (Å²) < 4.78 is 7.04. The average Bonchev–Trinajstić information content (AvgIpc) is 3.93. The minimum atomic E-state index is 0.936. The molecule has 11 aromatic rings. The number of hydrogen-bond acceptors (Lipinski definition) is 3. The molecule has 0 amide bonds. The molecule has 0 fully saturated rings. The first-order valence-electron chi connectivity index (χ1n) is 17.8. The van der Waals surface area contributed by atoms with Gasteiger partial charge in [-0.2, -0.15) is 0 Å². The largest absolute Gasteiger partial charge is 0.309 e. The molecule has 5 aromatic heterocycles. The first kappa shape index (κ1) is 29.9. The van der Waals surface area contributed by atoms with Crippen LogP contribution in [0.1, 0.15) is 0 Å². The van der Waals surface area contributed by atoms with E-state index < -0.39 is 0 Å². The highest BCUT2D eigenvalue weighted by atomic mass is 32.1. The lowest BCUT2D eigenvalue weighted by atomic mass is 9.97. The fourth-order valence-corrected chi connectivity index (χ4v) is 9.07. The van der Waals surface area contributed by atoms with E-state index in [9.17, 15) is 0 Å². The molecule has 5 heterocycles. The maximum Gasteiger partial charge on any atom is 0.137 e. The summed E-state index contributed by atoms with van der Waals surface area (Å²) in [5.74, 6) is 0. The van der Waals surface area contributed by atoms with Gasteiger partial charge in [-0.15, -0.1) is 11.3 Å². The number of hydrogen-bond donors (Lipinski definition) is 0. The highest BCUT2D eigenvalue weighted by Gasteiger charge is 2.23. The van der Waals surface area contributed by atoms with Gasteiger partial charge >= 0.3 is 0 Å². The fourth-order valence-electron chi connectivity index (χ4n) is 7.94. The number of rotatable bonds is 5. The summed E-state index contributed by atoms with van der Waals surface area (Å²) in [5.41, 5.74) is 13.3. The van der Waals surface area contributed by atoms with Crippen molar-refractivity contribution < 1.29 is 0 Å². The fraction of sp³-hybridized carbons (Fsp3) is 0. The standard InChI is InChI=1S/C48H30N4S/c1-3-11-31(12-4-1)34-19-23-42-38(27-34)47-46-39-28-35(32-13-5-2-6-14-32)20-24-43(39)53-44(46)29-37(40-15-7-9-25-49-40)48(47)52(42)36-21-17-33(18-22-36)41-30-51-26-10-8-16-45(51)50-41/h1-30H. The van der Waals surface area contributed by atoms with E-state index in [0.29, 0.717) is 0 Å². The molecule has 5 heteroatoms. The highest BCUT2D eigenvalue weighted by Crippen LogP contribution is 2.48. The van der Waals surface area contributed by atoms with Crippen LogP contribution in [0.4, 0.5) is 0 Å². The van der Waals surface area contributed by atoms with Crippen LogP contribution in [0.15, 0.2) is 182 Å². The summed E-state index contributed by atoms with van der Waals surface area (Å²) in [6.07, 6.45) is 6.03. The van der Waals surface area contributed by atoms with Gasteiger partial charge in [-0.25, -0.2) is 4.98 Å². The molecule has 6 aromatic carbocycles. The van der Waals surface area contributed by atoms with Gasteiger partial charge in [-0.3, -0.25) is 4.98 Å². The predicted octanol–water partition coefficient (Wildman–Crippen LogP) is 12.9. The van der Waals surface area contributed by atoms with Crippen LogP contribution in [0.3, 0.4) is 0 Å². The van der Waals surface area contributed by atoms with Crippen molar-refractivity contribution in [2.24, 2.45) is 0 Å². The van der Waals surface area contributed by atoms with Crippen molar-refractivity contribution in [1.82, 2.24) is 18.9 Å². The molecule has 0 saturated heterocycles. The molecule has 0 bridgehead atoms. The molecule has 0 aliphatic carbocycles. The van der Waals surface area contributed by atoms with Crippen molar-refractivity contribution >= 4 is 59.0 Å². The van der Waals surface area contributed by atoms with Gasteiger partial charge in [0.2, 0.25) is 0 Å². The van der Waals surface area contributed by atoms with Gasteiger partial charge in [0.05, 0.1) is 22.4 Å². The van der Waals surface area contributed by atoms with E-state index >= 15 is 0 Å². The van der Waals surface area contributed by atoms with Crippen molar-refractivity contribution in [3.63, 3.8) is 0 Å². The summed E-state index contributed by atoms with van der Waals surface area (Å²) in [4.78, 5) is 9.84. The lowest BCUT2D eigenvalue weighted by molar-refractivity contribution is 1.18. The molecule has 0 saturated carbocycles. The minimum Gasteiger partial charge on any atom is -0.309 e. The summed E-state index contributed by atoms with van der Waals surface area (Å²) >= 11 is 1.86. The number of nitrogens with zero attached hydrogens (tertiary/aromatic N) is 4. The van der Waals surface area contributed by atoms with Crippen molar-refractivity contribution in [2.45, 2.75) is 0 Å². The third kappa shape index (κ3) is 4.82. The van der Waals surface area contributed by atoms with Gasteiger partial charge in [0.25, 0.3) is 0 Å². The summed E-state index contributed by atoms with van der Waals surface area (Å²) in [5, 5.41) is 5.03. The van der Waals surface area contributed by atoms with Crippen molar-refractivity contribution in [3.05, 3.63) is 182 Å². The zero-order chi connectivity index (χ0) is 34.9. The maximum absolute atomic E-state index is 4.94. The summed E-state index contributed by atoms with van der Waals surface area (Å²) in [6, 6.07) is 58.8. The van der Waals surface area contributed by atoms with Gasteiger partial charge < -0.3 is 8.97 Å². The Labute approximate surface area is 309 Å². The van der Waals surface area contributed by atoms with Gasteiger partial charge in [0, 0.05) is 66.3 Å². The Morgan fingerprint density at radius 1 is 0.491 bits per heavy atom. The third-order valence-electron chi connectivity index (χ3n) is 10.4. The van der Waals surface area contributed by atoms with E-state index in [-0.39, 0.29) is 0 Å². The minimum absolute atomic E-state index is 0.936. The van der Waals surface area contributed by atoms with Crippen LogP contribution in [0.25, 0.3) is 98.1 Å². The van der Waals surface area contributed by atoms with Crippen LogP contribution < -0.4 is 0 Å². The molecule has 0 aliphatic rings. The van der Waals surface area contributed by atoms with E-state index in [0.717, 1.165) is 44.9 Å². The molecule has 4 nitrogen and oxygen atoms in total. The monoisotopic (exact) mass is 694 g/mol. The smallest absolute Gasteiger partial charge is 0.137 e. The molecule has 11 rings (SSSR count). The molecule has 0 radical (unpaired) electrons. The second kappa shape index (κ2) is 11.9. The summed E-state index contributed by atoms with van der Waals surface area (Å²) in [7, 11) is 0. The number of aromatic nitrogens is 4. The first-order valence-corrected chi connectivity index (χ1v) is 18.6. The topological polar surface area (TPSA) is 35.1 Å². The second-order valence-electron chi connectivity index (χ2n) is 13.5. The van der Waals surface area contributed by atoms with Crippen molar-refractivity contribution in [1.29, 1.82) is 0 Å². The van der Waals surface area contributed by atoms with E-state index in [2.05, 4.69) is 155 Å². The molecular formula is C48H30N4S. The van der Waals surface area contributed by atoms with Crippen LogP contribution in [0.2, 0.25) is 0 Å². The molecule has 248 valence electrons. The highest BCUT2D eigenvalue weighted by molar-refractivity contribution is 7.26. The number of benzene rings is 6. The number of fused-ring (bicyclic) bond motifs is 8. The molecular weight excluding hydrogens is 665 g/mol. The third-order valence-corrected chi connectivity index (χ3v) is 11.5. The average molecular weight is 695 g/mol. The molecule has 53 heavy (non-hydrogen) atoms. The molecule has 0 N–H and O–H groups in total. The van der Waals surface area contributed by atoms with E-state index in [1.165, 1.54) is 53.2 Å². The van der Waals surface area contributed by atoms with E-state index in [1.54, 1.807) is 0 Å². The second-order valence-corrected chi connectivity index (χ2v) is 14.6. The van der Waals surface area contributed by atoms with Crippen LogP contribution in [-0.2, 0) is 0 Å². The first-order chi connectivity index (χ1) is 26.3.